The first-order valence-electron chi connectivity index (χ1n) is 17.6. The minimum absolute atomic E-state index is 0.274. The third-order valence-electron chi connectivity index (χ3n) is 9.58. The molecule has 6 heteroatoms. The molecule has 48 heavy (non-hydrogen) atoms. The number of benzene rings is 1. The minimum atomic E-state index is -0.555. The van der Waals surface area contributed by atoms with Gasteiger partial charge in [-0.05, 0) is 115 Å². The standard InChI is InChI=1S/C42H62N4O2/c1-14-22-45-23-25-46(26-24-45)32(5)27-37(35-20-18-31(4)19-21-35)43-33(6)38(30(2)3)36-17-15-16-34(28-36)29-41(10,11)42(12,13)44-39(47)48-40(7,8)9/h15-18,20-21,27-28H,2,4,14,19,22-26,29H2,1,3,5-13H3,(H,44,47)/b32-27+,38-33-,43-37-. The highest BCUT2D eigenvalue weighted by molar-refractivity contribution is 6.11. The molecular formula is C42H62N4O2. The summed E-state index contributed by atoms with van der Waals surface area (Å²) in [6, 6.07) is 8.65. The van der Waals surface area contributed by atoms with Gasteiger partial charge in [-0.15, -0.1) is 0 Å². The van der Waals surface area contributed by atoms with Crippen LogP contribution in [0, 0.1) is 5.41 Å². The van der Waals surface area contributed by atoms with E-state index >= 15 is 0 Å². The van der Waals surface area contributed by atoms with Crippen molar-refractivity contribution in [2.45, 2.75) is 107 Å². The molecule has 1 aromatic rings. The number of carbonyl (C=O) groups is 1. The number of nitrogens with zero attached hydrogens (tertiary/aromatic N) is 3. The van der Waals surface area contributed by atoms with Crippen molar-refractivity contribution in [2.75, 3.05) is 32.7 Å². The van der Waals surface area contributed by atoms with Gasteiger partial charge >= 0.3 is 6.09 Å². The van der Waals surface area contributed by atoms with E-state index in [-0.39, 0.29) is 5.41 Å². The van der Waals surface area contributed by atoms with Crippen molar-refractivity contribution < 1.29 is 9.53 Å². The highest BCUT2D eigenvalue weighted by atomic mass is 16.6. The Morgan fingerprint density at radius 3 is 2.25 bits per heavy atom. The number of hydrogen-bond acceptors (Lipinski definition) is 5. The fourth-order valence-electron chi connectivity index (χ4n) is 6.18. The first-order valence-corrected chi connectivity index (χ1v) is 17.6. The van der Waals surface area contributed by atoms with Gasteiger partial charge in [-0.2, -0.15) is 0 Å². The van der Waals surface area contributed by atoms with E-state index in [1.54, 1.807) is 0 Å². The van der Waals surface area contributed by atoms with Gasteiger partial charge in [-0.3, -0.25) is 9.89 Å². The van der Waals surface area contributed by atoms with E-state index < -0.39 is 17.2 Å². The molecule has 0 unspecified atom stereocenters. The maximum atomic E-state index is 12.7. The number of alkyl carbamates (subject to hydrolysis) is 1. The molecule has 6 nitrogen and oxygen atoms in total. The molecule has 1 aliphatic heterocycles. The van der Waals surface area contributed by atoms with Crippen LogP contribution in [0.4, 0.5) is 4.79 Å². The van der Waals surface area contributed by atoms with Crippen LogP contribution in [0.5, 0.6) is 0 Å². The first-order chi connectivity index (χ1) is 22.3. The van der Waals surface area contributed by atoms with Gasteiger partial charge in [0.2, 0.25) is 0 Å². The van der Waals surface area contributed by atoms with Crippen molar-refractivity contribution in [3.8, 4) is 0 Å². The number of amides is 1. The van der Waals surface area contributed by atoms with Gasteiger partial charge in [0.25, 0.3) is 0 Å². The van der Waals surface area contributed by atoms with Crippen molar-refractivity contribution in [1.82, 2.24) is 15.1 Å². The summed E-state index contributed by atoms with van der Waals surface area (Å²) in [6.45, 7) is 36.7. The van der Waals surface area contributed by atoms with Crippen LogP contribution in [-0.4, -0.2) is 65.5 Å². The summed E-state index contributed by atoms with van der Waals surface area (Å²) in [4.78, 5) is 23.1. The molecule has 3 rings (SSSR count). The molecule has 0 spiro atoms. The van der Waals surface area contributed by atoms with Crippen LogP contribution in [0.2, 0.25) is 0 Å². The molecule has 1 heterocycles. The fraction of sp³-hybridized carbons (Fsp3) is 0.524. The third kappa shape index (κ3) is 10.9. The Hall–Kier alpha value is -3.64. The van der Waals surface area contributed by atoms with Crippen LogP contribution in [0.3, 0.4) is 0 Å². The summed E-state index contributed by atoms with van der Waals surface area (Å²) in [5.74, 6) is 0. The number of rotatable bonds is 12. The number of nitrogens with one attached hydrogen (secondary N) is 1. The Morgan fingerprint density at radius 2 is 1.69 bits per heavy atom. The molecule has 0 aromatic heterocycles. The van der Waals surface area contributed by atoms with Gasteiger partial charge in [-0.1, -0.05) is 82.0 Å². The molecule has 0 atom stereocenters. The van der Waals surface area contributed by atoms with E-state index in [2.05, 4.69) is 132 Å². The average molecular weight is 655 g/mol. The Morgan fingerprint density at radius 1 is 1.02 bits per heavy atom. The summed E-state index contributed by atoms with van der Waals surface area (Å²) in [6.07, 6.45) is 11.1. The van der Waals surface area contributed by atoms with Crippen LogP contribution in [0.1, 0.15) is 100 Å². The highest BCUT2D eigenvalue weighted by Crippen LogP contribution is 2.36. The largest absolute Gasteiger partial charge is 0.444 e. The maximum absolute atomic E-state index is 12.7. The zero-order valence-corrected chi connectivity index (χ0v) is 31.8. The summed E-state index contributed by atoms with van der Waals surface area (Å²) in [5.41, 5.74) is 8.26. The maximum Gasteiger partial charge on any atom is 0.408 e. The van der Waals surface area contributed by atoms with E-state index in [9.17, 15) is 4.79 Å². The average Bonchev–Trinajstić information content (AvgIpc) is 2.96. The van der Waals surface area contributed by atoms with E-state index in [1.165, 1.54) is 17.7 Å². The molecule has 0 radical (unpaired) electrons. The van der Waals surface area contributed by atoms with Crippen molar-refractivity contribution in [3.05, 3.63) is 101 Å². The summed E-state index contributed by atoms with van der Waals surface area (Å²) in [7, 11) is 0. The van der Waals surface area contributed by atoms with Gasteiger partial charge in [-0.25, -0.2) is 4.79 Å². The fourth-order valence-corrected chi connectivity index (χ4v) is 6.18. The normalized spacial score (nSPS) is 17.6. The Bertz CT molecular complexity index is 1500. The van der Waals surface area contributed by atoms with Gasteiger partial charge in [0.05, 0.1) is 5.71 Å². The molecule has 1 saturated heterocycles. The minimum Gasteiger partial charge on any atom is -0.444 e. The number of piperazine rings is 1. The van der Waals surface area contributed by atoms with Crippen LogP contribution in [0.25, 0.3) is 5.57 Å². The molecule has 1 fully saturated rings. The summed E-state index contributed by atoms with van der Waals surface area (Å²) >= 11 is 0. The second-order valence-corrected chi connectivity index (χ2v) is 15.7. The lowest BCUT2D eigenvalue weighted by molar-refractivity contribution is 0.0370. The van der Waals surface area contributed by atoms with Gasteiger partial charge in [0, 0.05) is 48.7 Å². The molecule has 1 aromatic carbocycles. The summed E-state index contributed by atoms with van der Waals surface area (Å²) < 4.78 is 5.58. The number of carbonyl (C=O) groups excluding carboxylic acids is 1. The lowest BCUT2D eigenvalue weighted by atomic mass is 9.70. The zero-order chi connectivity index (χ0) is 35.9. The SMILES string of the molecule is C=C1C=CC(C(/C=C(\C)N2CCN(CCC)CC2)=N\C(C)=C(\C(=C)C)c2cccc(CC(C)(C)C(C)(C)NC(=O)OC(C)(C)C)c2)=CC1. The number of aliphatic imine (C=N–C) groups is 1. The second-order valence-electron chi connectivity index (χ2n) is 15.7. The molecule has 1 N–H and O–H groups in total. The first kappa shape index (κ1) is 38.8. The van der Waals surface area contributed by atoms with Crippen molar-refractivity contribution in [3.63, 3.8) is 0 Å². The Balaban J connectivity index is 1.97. The van der Waals surface area contributed by atoms with Crippen LogP contribution in [-0.2, 0) is 11.2 Å². The lowest BCUT2D eigenvalue weighted by Crippen LogP contribution is -2.55. The van der Waals surface area contributed by atoms with E-state index in [1.807, 2.05) is 20.8 Å². The number of hydrogen-bond donors (Lipinski definition) is 1. The van der Waals surface area contributed by atoms with Crippen molar-refractivity contribution in [2.24, 2.45) is 10.4 Å². The van der Waals surface area contributed by atoms with Crippen molar-refractivity contribution >= 4 is 17.4 Å². The van der Waals surface area contributed by atoms with Crippen LogP contribution >= 0.6 is 0 Å². The highest BCUT2D eigenvalue weighted by Gasteiger charge is 2.39. The Kier molecular flexibility index (Phi) is 13.1. The van der Waals surface area contributed by atoms with Crippen LogP contribution < -0.4 is 5.32 Å². The number of allylic oxidation sites excluding steroid dienone is 10. The second kappa shape index (κ2) is 16.2. The molecule has 262 valence electrons. The van der Waals surface area contributed by atoms with E-state index in [0.29, 0.717) is 0 Å². The van der Waals surface area contributed by atoms with E-state index in [0.717, 1.165) is 84.8 Å². The molecule has 0 bridgehead atoms. The van der Waals surface area contributed by atoms with Gasteiger partial charge in [0.15, 0.2) is 0 Å². The third-order valence-corrected chi connectivity index (χ3v) is 9.58. The van der Waals surface area contributed by atoms with Crippen molar-refractivity contribution in [1.29, 1.82) is 0 Å². The predicted octanol–water partition coefficient (Wildman–Crippen LogP) is 9.68. The smallest absolute Gasteiger partial charge is 0.408 e. The van der Waals surface area contributed by atoms with Gasteiger partial charge < -0.3 is 15.0 Å². The topological polar surface area (TPSA) is 57.2 Å². The van der Waals surface area contributed by atoms with E-state index in [4.69, 9.17) is 9.73 Å². The molecule has 1 amide bonds. The zero-order valence-electron chi connectivity index (χ0n) is 31.8. The Labute approximate surface area is 292 Å². The number of ether oxygens (including phenoxy) is 1. The molecule has 1 aliphatic carbocycles. The molecule has 2 aliphatic rings. The predicted molar refractivity (Wildman–Crippen MR) is 205 cm³/mol. The quantitative estimate of drug-likeness (QED) is 0.180. The summed E-state index contributed by atoms with van der Waals surface area (Å²) in [5, 5.41) is 3.12. The van der Waals surface area contributed by atoms with Crippen LogP contribution in [0.15, 0.2) is 94.8 Å². The lowest BCUT2D eigenvalue weighted by Gasteiger charge is -2.42. The van der Waals surface area contributed by atoms with Gasteiger partial charge in [0.1, 0.15) is 5.60 Å². The molecule has 0 saturated carbocycles. The monoisotopic (exact) mass is 654 g/mol. The molecular weight excluding hydrogens is 592 g/mol.